The van der Waals surface area contributed by atoms with Gasteiger partial charge in [-0.1, -0.05) is 48.3 Å². The number of amides is 1. The number of para-hydroxylation sites is 1. The molecule has 4 rings (SSSR count). The molecule has 2 heterocycles. The molecule has 2 aliphatic rings. The van der Waals surface area contributed by atoms with Gasteiger partial charge in [-0.15, -0.1) is 0 Å². The number of anilines is 2. The number of nitrogens with zero attached hydrogens (tertiary/aromatic N) is 2. The van der Waals surface area contributed by atoms with Crippen molar-refractivity contribution < 1.29 is 9.53 Å². The van der Waals surface area contributed by atoms with Crippen LogP contribution < -0.4 is 14.5 Å². The molecule has 2 aromatic rings. The van der Waals surface area contributed by atoms with Crippen molar-refractivity contribution in [3.05, 3.63) is 70.8 Å². The maximum atomic E-state index is 13.2. The van der Waals surface area contributed by atoms with Gasteiger partial charge in [0.05, 0.1) is 18.5 Å². The van der Waals surface area contributed by atoms with Gasteiger partial charge in [-0.2, -0.15) is 0 Å². The minimum atomic E-state index is -0.0775. The molecule has 1 amide bonds. The number of carbonyl (C=O) groups is 1. The van der Waals surface area contributed by atoms with Gasteiger partial charge in [-0.25, -0.2) is 0 Å². The molecule has 1 saturated heterocycles. The lowest BCUT2D eigenvalue weighted by atomic mass is 10.0. The van der Waals surface area contributed by atoms with Gasteiger partial charge in [-0.05, 0) is 43.3 Å². The summed E-state index contributed by atoms with van der Waals surface area (Å²) in [5.41, 5.74) is 3.80. The quantitative estimate of drug-likeness (QED) is 0.550. The molecular weight excluding hydrogens is 376 g/mol. The highest BCUT2D eigenvalue weighted by Crippen LogP contribution is 2.41. The lowest BCUT2D eigenvalue weighted by Crippen LogP contribution is -2.30. The molecule has 2 aliphatic heterocycles. The predicted molar refractivity (Wildman–Crippen MR) is 116 cm³/mol. The predicted octanol–water partition coefficient (Wildman–Crippen LogP) is 4.82. The Balaban J connectivity index is 1.77. The molecule has 0 bridgehead atoms. The van der Waals surface area contributed by atoms with E-state index in [1.807, 2.05) is 60.7 Å². The molecule has 4 nitrogen and oxygen atoms in total. The van der Waals surface area contributed by atoms with Gasteiger partial charge < -0.3 is 9.64 Å². The highest BCUT2D eigenvalue weighted by atomic mass is 32.2. The summed E-state index contributed by atoms with van der Waals surface area (Å²) < 4.78 is 5.88. The van der Waals surface area contributed by atoms with Crippen molar-refractivity contribution in [3.8, 4) is 5.75 Å². The van der Waals surface area contributed by atoms with Crippen molar-refractivity contribution >= 4 is 51.7 Å². The Morgan fingerprint density at radius 3 is 2.59 bits per heavy atom. The van der Waals surface area contributed by atoms with E-state index in [0.717, 1.165) is 34.9 Å². The van der Waals surface area contributed by atoms with Crippen LogP contribution in [-0.2, 0) is 4.79 Å². The van der Waals surface area contributed by atoms with Crippen LogP contribution in [0, 0.1) is 0 Å². The smallest absolute Gasteiger partial charge is 0.272 e. The number of methoxy groups -OCH3 is 1. The number of rotatable bonds is 3. The molecule has 0 atom stereocenters. The van der Waals surface area contributed by atoms with Gasteiger partial charge in [0.15, 0.2) is 4.32 Å². The van der Waals surface area contributed by atoms with Gasteiger partial charge >= 0.3 is 0 Å². The number of allylic oxidation sites excluding steroid dienone is 1. The van der Waals surface area contributed by atoms with Crippen LogP contribution in [0.1, 0.15) is 12.5 Å². The maximum Gasteiger partial charge on any atom is 0.272 e. The molecule has 0 aromatic heterocycles. The number of hydrogen-bond donors (Lipinski definition) is 0. The Bertz CT molecular complexity index is 983. The van der Waals surface area contributed by atoms with Gasteiger partial charge in [0.25, 0.3) is 5.91 Å². The molecule has 0 spiro atoms. The number of carbonyl (C=O) groups excluding carboxylic acids is 1. The lowest BCUT2D eigenvalue weighted by Gasteiger charge is -2.30. The van der Waals surface area contributed by atoms with Crippen molar-refractivity contribution in [1.29, 1.82) is 0 Å². The average molecular weight is 395 g/mol. The number of ether oxygens (including phenoxy) is 1. The molecule has 0 saturated carbocycles. The SMILES string of the molecule is CCN1/C(=C2/SC(=S)N(c3ccccc3)C2=O)C=Cc2cc(OC)ccc21. The molecular formula is C21H18N2O2S2. The number of thioether (sulfide) groups is 1. The van der Waals surface area contributed by atoms with E-state index in [2.05, 4.69) is 11.8 Å². The maximum absolute atomic E-state index is 13.2. The third kappa shape index (κ3) is 3.05. The Morgan fingerprint density at radius 1 is 1.11 bits per heavy atom. The highest BCUT2D eigenvalue weighted by molar-refractivity contribution is 8.27. The number of hydrogen-bond acceptors (Lipinski definition) is 5. The number of likely N-dealkylation sites (N-methyl/N-ethyl adjacent to an activating group) is 1. The van der Waals surface area contributed by atoms with Gasteiger partial charge in [0.1, 0.15) is 10.7 Å². The second kappa shape index (κ2) is 7.21. The van der Waals surface area contributed by atoms with Crippen molar-refractivity contribution in [2.24, 2.45) is 0 Å². The van der Waals surface area contributed by atoms with Crippen LogP contribution in [-0.4, -0.2) is 23.9 Å². The molecule has 2 aromatic carbocycles. The molecule has 1 fully saturated rings. The summed E-state index contributed by atoms with van der Waals surface area (Å²) in [6, 6.07) is 15.5. The minimum Gasteiger partial charge on any atom is -0.497 e. The van der Waals surface area contributed by atoms with Gasteiger partial charge in [0.2, 0.25) is 0 Å². The monoisotopic (exact) mass is 394 g/mol. The van der Waals surface area contributed by atoms with Gasteiger partial charge in [0, 0.05) is 17.8 Å². The second-order valence-corrected chi connectivity index (χ2v) is 7.70. The third-order valence-electron chi connectivity index (χ3n) is 4.57. The van der Waals surface area contributed by atoms with Crippen LogP contribution in [0.3, 0.4) is 0 Å². The zero-order valence-electron chi connectivity index (χ0n) is 15.0. The van der Waals surface area contributed by atoms with Crippen LogP contribution in [0.15, 0.2) is 65.2 Å². The first-order chi connectivity index (χ1) is 13.1. The van der Waals surface area contributed by atoms with Crippen molar-refractivity contribution in [2.45, 2.75) is 6.92 Å². The van der Waals surface area contributed by atoms with Crippen molar-refractivity contribution in [1.82, 2.24) is 0 Å². The summed E-state index contributed by atoms with van der Waals surface area (Å²) in [7, 11) is 1.66. The second-order valence-electron chi connectivity index (χ2n) is 6.06. The molecule has 27 heavy (non-hydrogen) atoms. The molecule has 0 unspecified atom stereocenters. The summed E-state index contributed by atoms with van der Waals surface area (Å²) in [5, 5.41) is 0. The topological polar surface area (TPSA) is 32.8 Å². The first-order valence-corrected chi connectivity index (χ1v) is 9.85. The van der Waals surface area contributed by atoms with Crippen LogP contribution in [0.25, 0.3) is 6.08 Å². The number of benzene rings is 2. The zero-order valence-corrected chi connectivity index (χ0v) is 16.6. The third-order valence-corrected chi connectivity index (χ3v) is 5.95. The average Bonchev–Trinajstić information content (AvgIpc) is 3.01. The zero-order chi connectivity index (χ0) is 19.0. The summed E-state index contributed by atoms with van der Waals surface area (Å²) >= 11 is 6.86. The highest BCUT2D eigenvalue weighted by Gasteiger charge is 2.37. The van der Waals surface area contributed by atoms with Crippen LogP contribution >= 0.6 is 24.0 Å². The Hall–Kier alpha value is -2.57. The summed E-state index contributed by atoms with van der Waals surface area (Å²) in [6.07, 6.45) is 4.01. The summed E-state index contributed by atoms with van der Waals surface area (Å²) in [6.45, 7) is 2.82. The largest absolute Gasteiger partial charge is 0.497 e. The molecule has 0 aliphatic carbocycles. The fraction of sp³-hybridized carbons (Fsp3) is 0.143. The number of fused-ring (bicyclic) bond motifs is 1. The van der Waals surface area contributed by atoms with Crippen molar-refractivity contribution in [2.75, 3.05) is 23.5 Å². The van der Waals surface area contributed by atoms with E-state index >= 15 is 0 Å². The standard InChI is InChI=1S/C21H18N2O2S2/c1-3-22-17-12-10-16(25-2)13-14(17)9-11-18(22)19-20(24)23(21(26)27-19)15-7-5-4-6-8-15/h4-13H,3H2,1-2H3/b19-18+. The summed E-state index contributed by atoms with van der Waals surface area (Å²) in [5.74, 6) is 0.736. The van der Waals surface area contributed by atoms with E-state index in [-0.39, 0.29) is 5.91 Å². The van der Waals surface area contributed by atoms with Crippen molar-refractivity contribution in [3.63, 3.8) is 0 Å². The Labute approximate surface area is 168 Å². The molecule has 6 heteroatoms. The normalized spacial score (nSPS) is 18.9. The lowest BCUT2D eigenvalue weighted by molar-refractivity contribution is -0.113. The minimum absolute atomic E-state index is 0.0775. The summed E-state index contributed by atoms with van der Waals surface area (Å²) in [4.78, 5) is 17.6. The Kier molecular flexibility index (Phi) is 4.76. The first-order valence-electron chi connectivity index (χ1n) is 8.63. The van der Waals surface area contributed by atoms with E-state index in [1.54, 1.807) is 12.0 Å². The van der Waals surface area contributed by atoms with Crippen LogP contribution in [0.2, 0.25) is 0 Å². The van der Waals surface area contributed by atoms with Gasteiger partial charge in [-0.3, -0.25) is 9.69 Å². The molecule has 0 N–H and O–H groups in total. The van der Waals surface area contributed by atoms with E-state index in [0.29, 0.717) is 9.23 Å². The van der Waals surface area contributed by atoms with E-state index in [4.69, 9.17) is 17.0 Å². The first kappa shape index (κ1) is 17.8. The Morgan fingerprint density at radius 2 is 1.89 bits per heavy atom. The van der Waals surface area contributed by atoms with Crippen LogP contribution in [0.5, 0.6) is 5.75 Å². The fourth-order valence-electron chi connectivity index (χ4n) is 3.29. The molecule has 136 valence electrons. The number of thiocarbonyl (C=S) groups is 1. The van der Waals surface area contributed by atoms with Crippen LogP contribution in [0.4, 0.5) is 11.4 Å². The fourth-order valence-corrected chi connectivity index (χ4v) is 4.64. The van der Waals surface area contributed by atoms with E-state index < -0.39 is 0 Å². The molecule has 0 radical (unpaired) electrons. The van der Waals surface area contributed by atoms with E-state index in [9.17, 15) is 4.79 Å². The van der Waals surface area contributed by atoms with E-state index in [1.165, 1.54) is 11.8 Å².